The van der Waals surface area contributed by atoms with E-state index in [2.05, 4.69) is 5.32 Å². The molecule has 2 aromatic carbocycles. The SMILES string of the molecule is N#Cc1ccc(CNc2cc(F)cc(F)c2F)c(Cl)c1. The quantitative estimate of drug-likeness (QED) is 0.860. The van der Waals surface area contributed by atoms with E-state index in [1.165, 1.54) is 6.07 Å². The fraction of sp³-hybridized carbons (Fsp3) is 0.0714. The van der Waals surface area contributed by atoms with Crippen LogP contribution in [0.4, 0.5) is 18.9 Å². The molecule has 0 aliphatic heterocycles. The molecule has 6 heteroatoms. The molecule has 102 valence electrons. The van der Waals surface area contributed by atoms with Crippen molar-refractivity contribution in [1.29, 1.82) is 5.26 Å². The van der Waals surface area contributed by atoms with E-state index >= 15 is 0 Å². The zero-order valence-corrected chi connectivity index (χ0v) is 10.8. The average Bonchev–Trinajstić information content (AvgIpc) is 2.42. The number of halogens is 4. The molecule has 0 aromatic heterocycles. The van der Waals surface area contributed by atoms with E-state index in [1.54, 1.807) is 12.1 Å². The summed E-state index contributed by atoms with van der Waals surface area (Å²) in [4.78, 5) is 0. The first-order valence-electron chi connectivity index (χ1n) is 5.58. The van der Waals surface area contributed by atoms with Crippen LogP contribution < -0.4 is 5.32 Å². The number of hydrogen-bond acceptors (Lipinski definition) is 2. The van der Waals surface area contributed by atoms with Crippen LogP contribution in [0.3, 0.4) is 0 Å². The molecule has 0 spiro atoms. The maximum absolute atomic E-state index is 13.4. The van der Waals surface area contributed by atoms with Gasteiger partial charge in [-0.1, -0.05) is 17.7 Å². The summed E-state index contributed by atoms with van der Waals surface area (Å²) in [7, 11) is 0. The first-order valence-corrected chi connectivity index (χ1v) is 5.96. The molecule has 0 radical (unpaired) electrons. The summed E-state index contributed by atoms with van der Waals surface area (Å²) in [6.45, 7) is 0.0738. The molecular formula is C14H8ClF3N2. The minimum Gasteiger partial charge on any atom is -0.378 e. The Morgan fingerprint density at radius 3 is 2.55 bits per heavy atom. The predicted octanol–water partition coefficient (Wildman–Crippen LogP) is 4.24. The van der Waals surface area contributed by atoms with E-state index in [0.29, 0.717) is 22.2 Å². The third-order valence-electron chi connectivity index (χ3n) is 2.64. The highest BCUT2D eigenvalue weighted by atomic mass is 35.5. The van der Waals surface area contributed by atoms with Crippen molar-refractivity contribution in [3.05, 3.63) is 63.9 Å². The number of hydrogen-bond donors (Lipinski definition) is 1. The van der Waals surface area contributed by atoms with E-state index in [9.17, 15) is 13.2 Å². The molecule has 20 heavy (non-hydrogen) atoms. The van der Waals surface area contributed by atoms with E-state index in [1.807, 2.05) is 6.07 Å². The fourth-order valence-corrected chi connectivity index (χ4v) is 1.88. The van der Waals surface area contributed by atoms with Crippen molar-refractivity contribution in [2.45, 2.75) is 6.54 Å². The van der Waals surface area contributed by atoms with Gasteiger partial charge in [0.2, 0.25) is 0 Å². The van der Waals surface area contributed by atoms with Crippen molar-refractivity contribution in [1.82, 2.24) is 0 Å². The van der Waals surface area contributed by atoms with Gasteiger partial charge in [0.1, 0.15) is 5.82 Å². The van der Waals surface area contributed by atoms with Crippen LogP contribution in [-0.4, -0.2) is 0 Å². The van der Waals surface area contributed by atoms with Gasteiger partial charge in [-0.05, 0) is 17.7 Å². The maximum Gasteiger partial charge on any atom is 0.182 e. The molecule has 2 rings (SSSR count). The van der Waals surface area contributed by atoms with E-state index in [0.717, 1.165) is 6.07 Å². The lowest BCUT2D eigenvalue weighted by Gasteiger charge is -2.10. The second-order valence-corrected chi connectivity index (χ2v) is 4.43. The Morgan fingerprint density at radius 2 is 1.90 bits per heavy atom. The molecule has 0 saturated heterocycles. The van der Waals surface area contributed by atoms with Gasteiger partial charge in [-0.25, -0.2) is 13.2 Å². The first kappa shape index (κ1) is 14.2. The van der Waals surface area contributed by atoms with Gasteiger partial charge in [-0.2, -0.15) is 5.26 Å². The standard InChI is InChI=1S/C14H8ClF3N2/c15-11-3-8(6-19)1-2-9(11)7-20-13-5-10(16)4-12(17)14(13)18/h1-5,20H,7H2. The van der Waals surface area contributed by atoms with Crippen molar-refractivity contribution in [3.63, 3.8) is 0 Å². The summed E-state index contributed by atoms with van der Waals surface area (Å²) in [5, 5.41) is 11.6. The normalized spacial score (nSPS) is 10.2. The van der Waals surface area contributed by atoms with Crippen molar-refractivity contribution in [2.75, 3.05) is 5.32 Å². The fourth-order valence-electron chi connectivity index (χ4n) is 1.64. The molecule has 0 aliphatic carbocycles. The highest BCUT2D eigenvalue weighted by molar-refractivity contribution is 6.31. The average molecular weight is 297 g/mol. The third kappa shape index (κ3) is 3.03. The van der Waals surface area contributed by atoms with E-state index in [4.69, 9.17) is 16.9 Å². The molecule has 0 saturated carbocycles. The van der Waals surface area contributed by atoms with Gasteiger partial charge >= 0.3 is 0 Å². The highest BCUT2D eigenvalue weighted by Gasteiger charge is 2.11. The van der Waals surface area contributed by atoms with Crippen molar-refractivity contribution >= 4 is 17.3 Å². The third-order valence-corrected chi connectivity index (χ3v) is 3.00. The number of benzene rings is 2. The second kappa shape index (κ2) is 5.85. The molecule has 0 bridgehead atoms. The Morgan fingerprint density at radius 1 is 1.15 bits per heavy atom. The van der Waals surface area contributed by atoms with Crippen LogP contribution >= 0.6 is 11.6 Å². The van der Waals surface area contributed by atoms with Crippen LogP contribution in [0.2, 0.25) is 5.02 Å². The second-order valence-electron chi connectivity index (χ2n) is 4.02. The molecule has 0 heterocycles. The number of rotatable bonds is 3. The van der Waals surface area contributed by atoms with Crippen LogP contribution in [0.15, 0.2) is 30.3 Å². The zero-order chi connectivity index (χ0) is 14.7. The molecule has 0 aliphatic rings. The summed E-state index contributed by atoms with van der Waals surface area (Å²) >= 11 is 5.94. The van der Waals surface area contributed by atoms with Crippen LogP contribution in [0.1, 0.15) is 11.1 Å². The summed E-state index contributed by atoms with van der Waals surface area (Å²) < 4.78 is 39.5. The van der Waals surface area contributed by atoms with Crippen LogP contribution in [-0.2, 0) is 6.54 Å². The van der Waals surface area contributed by atoms with E-state index < -0.39 is 17.5 Å². The Balaban J connectivity index is 2.19. The summed E-state index contributed by atoms with van der Waals surface area (Å²) in [5.74, 6) is -3.30. The minimum atomic E-state index is -1.27. The van der Waals surface area contributed by atoms with Crippen LogP contribution in [0.25, 0.3) is 0 Å². The molecule has 1 N–H and O–H groups in total. The van der Waals surface area contributed by atoms with Gasteiger partial charge in [0.15, 0.2) is 11.6 Å². The topological polar surface area (TPSA) is 35.8 Å². The van der Waals surface area contributed by atoms with Crippen molar-refractivity contribution in [2.24, 2.45) is 0 Å². The van der Waals surface area contributed by atoms with E-state index in [-0.39, 0.29) is 12.2 Å². The number of anilines is 1. The summed E-state index contributed by atoms with van der Waals surface area (Å²) in [6.07, 6.45) is 0. The lowest BCUT2D eigenvalue weighted by Crippen LogP contribution is -2.04. The first-order chi connectivity index (χ1) is 9.51. The van der Waals surface area contributed by atoms with Gasteiger partial charge in [-0.15, -0.1) is 0 Å². The molecule has 0 fully saturated rings. The minimum absolute atomic E-state index is 0.0738. The van der Waals surface area contributed by atoms with Crippen molar-refractivity contribution < 1.29 is 13.2 Å². The van der Waals surface area contributed by atoms with Gasteiger partial charge in [0.25, 0.3) is 0 Å². The molecule has 0 unspecified atom stereocenters. The maximum atomic E-state index is 13.4. The van der Waals surface area contributed by atoms with Gasteiger partial charge in [0.05, 0.1) is 17.3 Å². The summed E-state index contributed by atoms with van der Waals surface area (Å²) in [5.41, 5.74) is 0.680. The van der Waals surface area contributed by atoms with Gasteiger partial charge in [-0.3, -0.25) is 0 Å². The van der Waals surface area contributed by atoms with Crippen LogP contribution in [0, 0.1) is 28.8 Å². The lowest BCUT2D eigenvalue weighted by molar-refractivity contribution is 0.497. The number of nitrogens with zero attached hydrogens (tertiary/aromatic N) is 1. The summed E-state index contributed by atoms with van der Waals surface area (Å²) in [6, 6.07) is 7.84. The largest absolute Gasteiger partial charge is 0.378 e. The molecule has 0 amide bonds. The Hall–Kier alpha value is -2.19. The highest BCUT2D eigenvalue weighted by Crippen LogP contribution is 2.22. The van der Waals surface area contributed by atoms with Gasteiger partial charge in [0, 0.05) is 23.7 Å². The number of nitrogens with one attached hydrogen (secondary N) is 1. The molecule has 2 nitrogen and oxygen atoms in total. The van der Waals surface area contributed by atoms with Crippen LogP contribution in [0.5, 0.6) is 0 Å². The Kier molecular flexibility index (Phi) is 4.16. The molecule has 2 aromatic rings. The number of nitriles is 1. The zero-order valence-electron chi connectivity index (χ0n) is 10.1. The van der Waals surface area contributed by atoms with Crippen molar-refractivity contribution in [3.8, 4) is 6.07 Å². The molecule has 0 atom stereocenters. The monoisotopic (exact) mass is 296 g/mol. The van der Waals surface area contributed by atoms with Gasteiger partial charge < -0.3 is 5.32 Å². The Labute approximate surface area is 118 Å². The predicted molar refractivity (Wildman–Crippen MR) is 69.8 cm³/mol. The smallest absolute Gasteiger partial charge is 0.182 e. The molecular weight excluding hydrogens is 289 g/mol. The lowest BCUT2D eigenvalue weighted by atomic mass is 10.1. The Bertz CT molecular complexity index is 696.